The molecular formula is C18H27FN2O3S. The second kappa shape index (κ2) is 7.70. The molecule has 2 aliphatic rings. The quantitative estimate of drug-likeness (QED) is 0.799. The number of benzene rings is 1. The summed E-state index contributed by atoms with van der Waals surface area (Å²) in [6, 6.07) is 7.13. The number of rotatable bonds is 5. The predicted octanol–water partition coefficient (Wildman–Crippen LogP) is 2.42. The van der Waals surface area contributed by atoms with Gasteiger partial charge in [0.15, 0.2) is 0 Å². The van der Waals surface area contributed by atoms with Crippen molar-refractivity contribution in [3.8, 4) is 0 Å². The molecule has 25 heavy (non-hydrogen) atoms. The molecule has 2 fully saturated rings. The van der Waals surface area contributed by atoms with E-state index in [1.165, 1.54) is 4.31 Å². The van der Waals surface area contributed by atoms with Crippen LogP contribution in [0.1, 0.15) is 31.7 Å². The Morgan fingerprint density at radius 3 is 2.48 bits per heavy atom. The van der Waals surface area contributed by atoms with E-state index in [-0.39, 0.29) is 0 Å². The Morgan fingerprint density at radius 1 is 1.16 bits per heavy atom. The van der Waals surface area contributed by atoms with Crippen LogP contribution >= 0.6 is 0 Å². The van der Waals surface area contributed by atoms with Gasteiger partial charge < -0.3 is 4.74 Å². The van der Waals surface area contributed by atoms with Gasteiger partial charge in [0, 0.05) is 32.7 Å². The van der Waals surface area contributed by atoms with Gasteiger partial charge >= 0.3 is 0 Å². The highest BCUT2D eigenvalue weighted by Crippen LogP contribution is 2.30. The number of halogens is 1. The van der Waals surface area contributed by atoms with E-state index in [0.717, 1.165) is 5.56 Å². The molecule has 0 aromatic heterocycles. The zero-order chi connectivity index (χ0) is 17.9. The number of ether oxygens (including phenoxy) is 1. The van der Waals surface area contributed by atoms with Crippen LogP contribution in [0.4, 0.5) is 4.39 Å². The molecule has 1 aromatic rings. The van der Waals surface area contributed by atoms with Crippen molar-refractivity contribution >= 4 is 10.0 Å². The minimum atomic E-state index is -3.47. The van der Waals surface area contributed by atoms with Gasteiger partial charge in [0.2, 0.25) is 10.0 Å². The van der Waals surface area contributed by atoms with E-state index in [9.17, 15) is 12.8 Å². The Hall–Kier alpha value is -1.02. The number of nitrogens with zero attached hydrogens (tertiary/aromatic N) is 2. The molecular weight excluding hydrogens is 343 g/mol. The molecule has 0 N–H and O–H groups in total. The number of sulfonamides is 1. The largest absolute Gasteiger partial charge is 0.379 e. The highest BCUT2D eigenvalue weighted by Gasteiger charge is 2.32. The number of hydrogen-bond donors (Lipinski definition) is 0. The highest BCUT2D eigenvalue weighted by molar-refractivity contribution is 7.89. The Balaban J connectivity index is 1.68. The monoisotopic (exact) mass is 370 g/mol. The molecule has 5 nitrogen and oxygen atoms in total. The summed E-state index contributed by atoms with van der Waals surface area (Å²) in [6.45, 7) is 5.66. The van der Waals surface area contributed by atoms with Crippen molar-refractivity contribution in [2.75, 3.05) is 39.4 Å². The standard InChI is InChI=1S/C18H27FN2O3S/c1-2-18(19)6-8-20(9-7-18)15-16-4-3-5-17(14-16)25(22,23)21-10-12-24-13-11-21/h3-5,14H,2,6-13,15H2,1H3. The lowest BCUT2D eigenvalue weighted by Gasteiger charge is -2.36. The topological polar surface area (TPSA) is 49.9 Å². The van der Waals surface area contributed by atoms with Gasteiger partial charge in [0.1, 0.15) is 5.67 Å². The van der Waals surface area contributed by atoms with Crippen LogP contribution in [0, 0.1) is 0 Å². The zero-order valence-electron chi connectivity index (χ0n) is 14.8. The molecule has 7 heteroatoms. The van der Waals surface area contributed by atoms with Crippen molar-refractivity contribution in [3.63, 3.8) is 0 Å². The first-order valence-corrected chi connectivity index (χ1v) is 10.5. The Kier molecular flexibility index (Phi) is 5.78. The van der Waals surface area contributed by atoms with E-state index < -0.39 is 15.7 Å². The van der Waals surface area contributed by atoms with Crippen molar-refractivity contribution < 1.29 is 17.5 Å². The second-order valence-electron chi connectivity index (χ2n) is 6.94. The molecule has 0 radical (unpaired) electrons. The van der Waals surface area contributed by atoms with Gasteiger partial charge in [-0.25, -0.2) is 12.8 Å². The summed E-state index contributed by atoms with van der Waals surface area (Å²) >= 11 is 0. The van der Waals surface area contributed by atoms with Crippen LogP contribution in [0.15, 0.2) is 29.2 Å². The molecule has 2 aliphatic heterocycles. The lowest BCUT2D eigenvalue weighted by atomic mass is 9.91. The van der Waals surface area contributed by atoms with Gasteiger partial charge in [-0.15, -0.1) is 0 Å². The Labute approximate surface area is 149 Å². The van der Waals surface area contributed by atoms with Gasteiger partial charge in [-0.2, -0.15) is 4.31 Å². The maximum Gasteiger partial charge on any atom is 0.243 e. The average Bonchev–Trinajstić information content (AvgIpc) is 2.65. The molecule has 0 spiro atoms. The van der Waals surface area contributed by atoms with Gasteiger partial charge in [-0.3, -0.25) is 4.90 Å². The number of likely N-dealkylation sites (tertiary alicyclic amines) is 1. The van der Waals surface area contributed by atoms with Crippen molar-refractivity contribution in [1.82, 2.24) is 9.21 Å². The van der Waals surface area contributed by atoms with Crippen molar-refractivity contribution in [3.05, 3.63) is 29.8 Å². The second-order valence-corrected chi connectivity index (χ2v) is 8.88. The van der Waals surface area contributed by atoms with Crippen LogP contribution in [0.2, 0.25) is 0 Å². The summed E-state index contributed by atoms with van der Waals surface area (Å²) in [4.78, 5) is 2.53. The van der Waals surface area contributed by atoms with Crippen molar-refractivity contribution in [2.24, 2.45) is 0 Å². The van der Waals surface area contributed by atoms with Gasteiger partial charge in [-0.1, -0.05) is 19.1 Å². The Bertz CT molecular complexity index is 681. The normalized spacial score (nSPS) is 22.8. The van der Waals surface area contributed by atoms with E-state index in [1.54, 1.807) is 18.2 Å². The van der Waals surface area contributed by atoms with E-state index in [4.69, 9.17) is 4.74 Å². The van der Waals surface area contributed by atoms with Gasteiger partial charge in [0.05, 0.1) is 18.1 Å². The highest BCUT2D eigenvalue weighted by atomic mass is 32.2. The summed E-state index contributed by atoms with van der Waals surface area (Å²) < 4.78 is 46.6. The van der Waals surface area contributed by atoms with E-state index in [1.807, 2.05) is 13.0 Å². The Morgan fingerprint density at radius 2 is 1.84 bits per heavy atom. The molecule has 1 aromatic carbocycles. The number of morpholine rings is 1. The number of piperidine rings is 1. The maximum absolute atomic E-state index is 14.3. The van der Waals surface area contributed by atoms with Crippen LogP contribution in [-0.2, 0) is 21.3 Å². The third kappa shape index (κ3) is 4.39. The van der Waals surface area contributed by atoms with E-state index in [0.29, 0.717) is 70.1 Å². The summed E-state index contributed by atoms with van der Waals surface area (Å²) in [5.74, 6) is 0. The first kappa shape index (κ1) is 18.8. The molecule has 2 saturated heterocycles. The molecule has 140 valence electrons. The molecule has 3 rings (SSSR count). The molecule has 0 aliphatic carbocycles. The van der Waals surface area contributed by atoms with Crippen molar-refractivity contribution in [1.29, 1.82) is 0 Å². The fraction of sp³-hybridized carbons (Fsp3) is 0.667. The molecule has 2 heterocycles. The lowest BCUT2D eigenvalue weighted by Crippen LogP contribution is -2.41. The average molecular weight is 370 g/mol. The minimum Gasteiger partial charge on any atom is -0.379 e. The van der Waals surface area contributed by atoms with E-state index >= 15 is 0 Å². The summed E-state index contributed by atoms with van der Waals surface area (Å²) in [7, 11) is -3.47. The van der Waals surface area contributed by atoms with Crippen molar-refractivity contribution in [2.45, 2.75) is 43.3 Å². The summed E-state index contributed by atoms with van der Waals surface area (Å²) in [5.41, 5.74) is -0.0740. The minimum absolute atomic E-state index is 0.331. The SMILES string of the molecule is CCC1(F)CCN(Cc2cccc(S(=O)(=O)N3CCOCC3)c2)CC1. The third-order valence-corrected chi connectivity index (χ3v) is 7.19. The fourth-order valence-corrected chi connectivity index (χ4v) is 4.94. The molecule has 0 atom stereocenters. The predicted molar refractivity (Wildman–Crippen MR) is 94.7 cm³/mol. The van der Waals surface area contributed by atoms with Gasteiger partial charge in [-0.05, 0) is 37.0 Å². The fourth-order valence-electron chi connectivity index (χ4n) is 3.46. The van der Waals surface area contributed by atoms with Crippen LogP contribution in [-0.4, -0.2) is 62.7 Å². The molecule has 0 bridgehead atoms. The summed E-state index contributed by atoms with van der Waals surface area (Å²) in [6.07, 6.45) is 1.67. The van der Waals surface area contributed by atoms with Crippen LogP contribution < -0.4 is 0 Å². The first-order chi connectivity index (χ1) is 11.9. The molecule has 0 amide bonds. The molecule has 0 unspecified atom stereocenters. The van der Waals surface area contributed by atoms with Crippen LogP contribution in [0.5, 0.6) is 0 Å². The lowest BCUT2D eigenvalue weighted by molar-refractivity contribution is 0.0518. The zero-order valence-corrected chi connectivity index (χ0v) is 15.6. The molecule has 0 saturated carbocycles. The smallest absolute Gasteiger partial charge is 0.243 e. The van der Waals surface area contributed by atoms with Crippen LogP contribution in [0.25, 0.3) is 0 Å². The van der Waals surface area contributed by atoms with Gasteiger partial charge in [0.25, 0.3) is 0 Å². The third-order valence-electron chi connectivity index (χ3n) is 5.30. The maximum atomic E-state index is 14.3. The van der Waals surface area contributed by atoms with E-state index in [2.05, 4.69) is 4.90 Å². The first-order valence-electron chi connectivity index (χ1n) is 9.01. The number of alkyl halides is 1. The number of hydrogen-bond acceptors (Lipinski definition) is 4. The van der Waals surface area contributed by atoms with Crippen LogP contribution in [0.3, 0.4) is 0 Å². The summed E-state index contributed by atoms with van der Waals surface area (Å²) in [5, 5.41) is 0.